The molecule has 0 spiro atoms. The maximum Gasteiger partial charge on any atom is 0.307 e. The van der Waals surface area contributed by atoms with Gasteiger partial charge in [0.1, 0.15) is 0 Å². The Balaban J connectivity index is 1.98. The lowest BCUT2D eigenvalue weighted by atomic mass is 9.94. The molecule has 2 aliphatic rings. The van der Waals surface area contributed by atoms with Gasteiger partial charge in [0.15, 0.2) is 0 Å². The van der Waals surface area contributed by atoms with E-state index in [1.807, 2.05) is 6.92 Å². The molecule has 2 aliphatic carbocycles. The minimum Gasteiger partial charge on any atom is -0.481 e. The molecular formula is C15H25NO4. The maximum atomic E-state index is 12.4. The molecule has 0 heterocycles. The third kappa shape index (κ3) is 3.14. The Morgan fingerprint density at radius 2 is 1.90 bits per heavy atom. The van der Waals surface area contributed by atoms with Gasteiger partial charge >= 0.3 is 5.97 Å². The molecule has 0 aromatic rings. The average molecular weight is 283 g/mol. The number of carbonyl (C=O) groups excluding carboxylic acids is 1. The summed E-state index contributed by atoms with van der Waals surface area (Å²) in [5, 5.41) is 21.6. The number of aliphatic hydroxyl groups excluding tert-OH is 1. The monoisotopic (exact) mass is 283 g/mol. The van der Waals surface area contributed by atoms with Gasteiger partial charge in [-0.2, -0.15) is 0 Å². The summed E-state index contributed by atoms with van der Waals surface area (Å²) in [7, 11) is 0. The second-order valence-electron chi connectivity index (χ2n) is 6.29. The largest absolute Gasteiger partial charge is 0.481 e. The van der Waals surface area contributed by atoms with Crippen LogP contribution in [-0.4, -0.2) is 34.7 Å². The van der Waals surface area contributed by atoms with Crippen LogP contribution in [0.4, 0.5) is 0 Å². The van der Waals surface area contributed by atoms with Crippen LogP contribution < -0.4 is 5.32 Å². The van der Waals surface area contributed by atoms with Crippen LogP contribution in [0.2, 0.25) is 0 Å². The highest BCUT2D eigenvalue weighted by Crippen LogP contribution is 2.39. The van der Waals surface area contributed by atoms with E-state index >= 15 is 0 Å². The summed E-state index contributed by atoms with van der Waals surface area (Å²) in [5.41, 5.74) is 0. The van der Waals surface area contributed by atoms with Crippen LogP contribution in [-0.2, 0) is 9.59 Å². The normalized spacial score (nSPS) is 37.0. The van der Waals surface area contributed by atoms with E-state index in [0.29, 0.717) is 18.8 Å². The lowest BCUT2D eigenvalue weighted by Gasteiger charge is -2.23. The zero-order chi connectivity index (χ0) is 14.7. The first-order valence-electron chi connectivity index (χ1n) is 7.70. The molecule has 0 bridgehead atoms. The number of hydrogen-bond donors (Lipinski definition) is 3. The van der Waals surface area contributed by atoms with Gasteiger partial charge in [-0.05, 0) is 31.6 Å². The van der Waals surface area contributed by atoms with Crippen LogP contribution in [0.15, 0.2) is 0 Å². The maximum absolute atomic E-state index is 12.4. The molecule has 5 nitrogen and oxygen atoms in total. The second-order valence-corrected chi connectivity index (χ2v) is 6.29. The molecule has 5 heteroatoms. The molecule has 2 fully saturated rings. The van der Waals surface area contributed by atoms with E-state index in [1.165, 1.54) is 0 Å². The van der Waals surface area contributed by atoms with Gasteiger partial charge in [-0.15, -0.1) is 0 Å². The quantitative estimate of drug-likeness (QED) is 0.712. The number of rotatable bonds is 5. The SMILES string of the molecule is CCC1CC(C(=O)O)C(C(=O)NC2CCCC2CO)C1. The summed E-state index contributed by atoms with van der Waals surface area (Å²) < 4.78 is 0. The Kier molecular flexibility index (Phi) is 5.02. The van der Waals surface area contributed by atoms with Crippen molar-refractivity contribution in [3.8, 4) is 0 Å². The highest BCUT2D eigenvalue weighted by Gasteiger charge is 2.43. The van der Waals surface area contributed by atoms with E-state index < -0.39 is 17.8 Å². The first-order valence-corrected chi connectivity index (χ1v) is 7.70. The van der Waals surface area contributed by atoms with Gasteiger partial charge in [0.2, 0.25) is 5.91 Å². The molecule has 0 saturated heterocycles. The van der Waals surface area contributed by atoms with Crippen molar-refractivity contribution < 1.29 is 19.8 Å². The van der Waals surface area contributed by atoms with Crippen molar-refractivity contribution in [3.05, 3.63) is 0 Å². The number of aliphatic carboxylic acids is 1. The predicted octanol–water partition coefficient (Wildman–Crippen LogP) is 1.40. The molecular weight excluding hydrogens is 258 g/mol. The highest BCUT2D eigenvalue weighted by atomic mass is 16.4. The van der Waals surface area contributed by atoms with E-state index in [-0.39, 0.29) is 24.5 Å². The van der Waals surface area contributed by atoms with Crippen LogP contribution in [0.1, 0.15) is 45.4 Å². The van der Waals surface area contributed by atoms with Gasteiger partial charge in [0.05, 0.1) is 11.8 Å². The summed E-state index contributed by atoms with van der Waals surface area (Å²) in [6.45, 7) is 2.14. The summed E-state index contributed by atoms with van der Waals surface area (Å²) in [5.74, 6) is -1.47. The zero-order valence-electron chi connectivity index (χ0n) is 12.0. The number of carbonyl (C=O) groups is 2. The van der Waals surface area contributed by atoms with Gasteiger partial charge in [-0.25, -0.2) is 0 Å². The molecule has 1 amide bonds. The number of amides is 1. The smallest absolute Gasteiger partial charge is 0.307 e. The molecule has 0 aromatic heterocycles. The number of aliphatic hydroxyl groups is 1. The molecule has 5 atom stereocenters. The Morgan fingerprint density at radius 3 is 2.50 bits per heavy atom. The zero-order valence-corrected chi connectivity index (χ0v) is 12.0. The Hall–Kier alpha value is -1.10. The fourth-order valence-electron chi connectivity index (χ4n) is 3.77. The van der Waals surface area contributed by atoms with E-state index in [9.17, 15) is 19.8 Å². The Labute approximate surface area is 119 Å². The molecule has 114 valence electrons. The van der Waals surface area contributed by atoms with Crippen LogP contribution >= 0.6 is 0 Å². The third-order valence-corrected chi connectivity index (χ3v) is 5.11. The standard InChI is InChI=1S/C15H25NO4/c1-2-9-6-11(12(7-9)15(19)20)14(18)16-13-5-3-4-10(13)8-17/h9-13,17H,2-8H2,1H3,(H,16,18)(H,19,20). The van der Waals surface area contributed by atoms with Gasteiger partial charge in [0, 0.05) is 18.6 Å². The fourth-order valence-corrected chi connectivity index (χ4v) is 3.77. The Bertz CT molecular complexity index is 371. The molecule has 2 saturated carbocycles. The van der Waals surface area contributed by atoms with E-state index in [4.69, 9.17) is 0 Å². The number of carboxylic acids is 1. The van der Waals surface area contributed by atoms with E-state index in [0.717, 1.165) is 25.7 Å². The van der Waals surface area contributed by atoms with Crippen molar-refractivity contribution in [2.75, 3.05) is 6.61 Å². The van der Waals surface area contributed by atoms with E-state index in [2.05, 4.69) is 5.32 Å². The Morgan fingerprint density at radius 1 is 1.20 bits per heavy atom. The average Bonchev–Trinajstić information content (AvgIpc) is 3.04. The second kappa shape index (κ2) is 6.57. The summed E-state index contributed by atoms with van der Waals surface area (Å²) in [4.78, 5) is 23.7. The van der Waals surface area contributed by atoms with Crippen molar-refractivity contribution in [1.29, 1.82) is 0 Å². The highest BCUT2D eigenvalue weighted by molar-refractivity contribution is 5.85. The molecule has 0 radical (unpaired) electrons. The molecule has 20 heavy (non-hydrogen) atoms. The van der Waals surface area contributed by atoms with Crippen molar-refractivity contribution in [1.82, 2.24) is 5.32 Å². The van der Waals surface area contributed by atoms with Crippen LogP contribution in [0.5, 0.6) is 0 Å². The van der Waals surface area contributed by atoms with Gasteiger partial charge in [0.25, 0.3) is 0 Å². The number of nitrogens with one attached hydrogen (secondary N) is 1. The van der Waals surface area contributed by atoms with Gasteiger partial charge in [-0.3, -0.25) is 9.59 Å². The molecule has 0 aromatic carbocycles. The minimum absolute atomic E-state index is 0.0163. The molecule has 2 rings (SSSR count). The van der Waals surface area contributed by atoms with E-state index in [1.54, 1.807) is 0 Å². The summed E-state index contributed by atoms with van der Waals surface area (Å²) in [6, 6.07) is 0.0163. The van der Waals surface area contributed by atoms with Crippen molar-refractivity contribution >= 4 is 11.9 Å². The summed E-state index contributed by atoms with van der Waals surface area (Å²) in [6.07, 6.45) is 5.05. The predicted molar refractivity (Wildman–Crippen MR) is 74.0 cm³/mol. The molecule has 3 N–H and O–H groups in total. The van der Waals surface area contributed by atoms with Crippen molar-refractivity contribution in [2.24, 2.45) is 23.7 Å². The lowest BCUT2D eigenvalue weighted by Crippen LogP contribution is -2.43. The number of hydrogen-bond acceptors (Lipinski definition) is 3. The lowest BCUT2D eigenvalue weighted by molar-refractivity contribution is -0.146. The first-order chi connectivity index (χ1) is 9.56. The van der Waals surface area contributed by atoms with Gasteiger partial charge < -0.3 is 15.5 Å². The minimum atomic E-state index is -0.855. The topological polar surface area (TPSA) is 86.6 Å². The summed E-state index contributed by atoms with van der Waals surface area (Å²) >= 11 is 0. The fraction of sp³-hybridized carbons (Fsp3) is 0.867. The first kappa shape index (κ1) is 15.3. The number of carboxylic acid groups (broad SMARTS) is 1. The van der Waals surface area contributed by atoms with Crippen molar-refractivity contribution in [2.45, 2.75) is 51.5 Å². The van der Waals surface area contributed by atoms with Crippen molar-refractivity contribution in [3.63, 3.8) is 0 Å². The van der Waals surface area contributed by atoms with Gasteiger partial charge in [-0.1, -0.05) is 19.8 Å². The van der Waals surface area contributed by atoms with Crippen LogP contribution in [0.3, 0.4) is 0 Å². The molecule has 0 aliphatic heterocycles. The van der Waals surface area contributed by atoms with Crippen LogP contribution in [0, 0.1) is 23.7 Å². The third-order valence-electron chi connectivity index (χ3n) is 5.11. The molecule has 5 unspecified atom stereocenters. The van der Waals surface area contributed by atoms with Crippen LogP contribution in [0.25, 0.3) is 0 Å².